The van der Waals surface area contributed by atoms with Gasteiger partial charge in [-0.05, 0) is 12.1 Å². The first-order valence-corrected chi connectivity index (χ1v) is 3.81. The van der Waals surface area contributed by atoms with Crippen LogP contribution in [-0.2, 0) is 18.8 Å². The summed E-state index contributed by atoms with van der Waals surface area (Å²) in [6, 6.07) is 7.73. The quantitative estimate of drug-likeness (QED) is 0.624. The molecule has 3 heteroatoms. The molecule has 1 aromatic carbocycles. The van der Waals surface area contributed by atoms with Crippen LogP contribution in [0, 0.1) is 0 Å². The first-order chi connectivity index (χ1) is 5.83. The molecule has 0 fully saturated rings. The molecule has 0 aliphatic rings. The van der Waals surface area contributed by atoms with Crippen LogP contribution in [0.3, 0.4) is 0 Å². The highest BCUT2D eigenvalue weighted by molar-refractivity contribution is 5.75. The zero-order valence-electron chi connectivity index (χ0n) is 6.82. The highest BCUT2D eigenvalue weighted by Gasteiger charge is 2.04. The van der Waals surface area contributed by atoms with Crippen LogP contribution in [0.2, 0.25) is 0 Å². The van der Waals surface area contributed by atoms with Gasteiger partial charge in [-0.2, -0.15) is 0 Å². The van der Waals surface area contributed by atoms with Crippen LogP contribution >= 0.6 is 0 Å². The summed E-state index contributed by atoms with van der Waals surface area (Å²) in [4.78, 5) is 4.18. The Morgan fingerprint density at radius 1 is 1.42 bits per heavy atom. The molecule has 0 saturated carbocycles. The molecule has 2 rings (SSSR count). The molecule has 0 aliphatic heterocycles. The molecule has 2 aromatic rings. The SMILES string of the molecule is Cn1c(C[O])nc2ccccc21. The van der Waals surface area contributed by atoms with Crippen LogP contribution in [0.15, 0.2) is 24.3 Å². The lowest BCUT2D eigenvalue weighted by Gasteiger charge is -1.95. The molecule has 1 radical (unpaired) electrons. The van der Waals surface area contributed by atoms with E-state index in [1.165, 1.54) is 0 Å². The number of hydrogen-bond donors (Lipinski definition) is 0. The molecule has 0 aliphatic carbocycles. The monoisotopic (exact) mass is 161 g/mol. The summed E-state index contributed by atoms with van der Waals surface area (Å²) in [5.74, 6) is 0.594. The minimum Gasteiger partial charge on any atom is -0.329 e. The van der Waals surface area contributed by atoms with E-state index in [2.05, 4.69) is 4.98 Å². The molecule has 1 aromatic heterocycles. The van der Waals surface area contributed by atoms with Gasteiger partial charge in [0, 0.05) is 7.05 Å². The number of benzene rings is 1. The van der Waals surface area contributed by atoms with Crippen molar-refractivity contribution >= 4 is 11.0 Å². The second-order valence-corrected chi connectivity index (χ2v) is 2.72. The topological polar surface area (TPSA) is 37.7 Å². The van der Waals surface area contributed by atoms with Crippen molar-refractivity contribution in [3.05, 3.63) is 30.1 Å². The van der Waals surface area contributed by atoms with Gasteiger partial charge in [-0.15, -0.1) is 0 Å². The van der Waals surface area contributed by atoms with E-state index in [0.717, 1.165) is 11.0 Å². The molecule has 12 heavy (non-hydrogen) atoms. The largest absolute Gasteiger partial charge is 0.329 e. The lowest BCUT2D eigenvalue weighted by molar-refractivity contribution is 0.167. The van der Waals surface area contributed by atoms with Gasteiger partial charge in [0.15, 0.2) is 0 Å². The van der Waals surface area contributed by atoms with E-state index in [1.54, 1.807) is 0 Å². The second kappa shape index (κ2) is 2.60. The van der Waals surface area contributed by atoms with Crippen LogP contribution in [-0.4, -0.2) is 9.55 Å². The van der Waals surface area contributed by atoms with E-state index >= 15 is 0 Å². The molecule has 0 unspecified atom stereocenters. The first-order valence-electron chi connectivity index (χ1n) is 3.81. The molecule has 0 amide bonds. The van der Waals surface area contributed by atoms with Crippen molar-refractivity contribution in [2.45, 2.75) is 6.61 Å². The fourth-order valence-electron chi connectivity index (χ4n) is 1.32. The second-order valence-electron chi connectivity index (χ2n) is 2.72. The standard InChI is InChI=1S/C9H9N2O/c1-11-8-5-3-2-4-7(8)10-9(11)6-12/h2-5H,6H2,1H3. The van der Waals surface area contributed by atoms with Crippen molar-refractivity contribution in [2.75, 3.05) is 0 Å². The Morgan fingerprint density at radius 2 is 2.17 bits per heavy atom. The maximum Gasteiger partial charge on any atom is 0.140 e. The minimum atomic E-state index is -0.259. The number of fused-ring (bicyclic) bond motifs is 1. The number of aryl methyl sites for hydroxylation is 1. The predicted molar refractivity (Wildman–Crippen MR) is 45.1 cm³/mol. The lowest BCUT2D eigenvalue weighted by atomic mass is 10.3. The van der Waals surface area contributed by atoms with Gasteiger partial charge in [-0.3, -0.25) is 0 Å². The van der Waals surface area contributed by atoms with Crippen molar-refractivity contribution in [1.82, 2.24) is 9.55 Å². The van der Waals surface area contributed by atoms with Crippen LogP contribution in [0.4, 0.5) is 0 Å². The van der Waals surface area contributed by atoms with Gasteiger partial charge >= 0.3 is 0 Å². The van der Waals surface area contributed by atoms with Crippen molar-refractivity contribution in [3.63, 3.8) is 0 Å². The molecule has 0 spiro atoms. The molecular weight excluding hydrogens is 152 g/mol. The van der Waals surface area contributed by atoms with E-state index in [9.17, 15) is 5.11 Å². The molecule has 61 valence electrons. The molecule has 0 saturated heterocycles. The smallest absolute Gasteiger partial charge is 0.140 e. The number of rotatable bonds is 1. The average Bonchev–Trinajstić information content (AvgIpc) is 2.44. The van der Waals surface area contributed by atoms with E-state index < -0.39 is 0 Å². The minimum absolute atomic E-state index is 0.259. The van der Waals surface area contributed by atoms with Gasteiger partial charge < -0.3 is 4.57 Å². The van der Waals surface area contributed by atoms with E-state index in [0.29, 0.717) is 5.82 Å². The van der Waals surface area contributed by atoms with Gasteiger partial charge in [0.05, 0.1) is 11.0 Å². The van der Waals surface area contributed by atoms with Crippen LogP contribution in [0.5, 0.6) is 0 Å². The maximum atomic E-state index is 10.6. The third-order valence-electron chi connectivity index (χ3n) is 2.01. The Kier molecular flexibility index (Phi) is 1.59. The number of nitrogens with zero attached hydrogens (tertiary/aromatic N) is 2. The summed E-state index contributed by atoms with van der Waals surface area (Å²) in [5, 5.41) is 10.6. The normalized spacial score (nSPS) is 10.8. The van der Waals surface area contributed by atoms with Crippen molar-refractivity contribution in [1.29, 1.82) is 0 Å². The van der Waals surface area contributed by atoms with E-state index in [-0.39, 0.29) is 6.61 Å². The van der Waals surface area contributed by atoms with E-state index in [4.69, 9.17) is 0 Å². The maximum absolute atomic E-state index is 10.6. The lowest BCUT2D eigenvalue weighted by Crippen LogP contribution is -1.95. The van der Waals surface area contributed by atoms with Crippen LogP contribution in [0.1, 0.15) is 5.82 Å². The number of imidazole rings is 1. The molecular formula is C9H9N2O. The highest BCUT2D eigenvalue weighted by Crippen LogP contribution is 2.13. The number of aromatic nitrogens is 2. The summed E-state index contributed by atoms with van der Waals surface area (Å²) in [5.41, 5.74) is 1.91. The summed E-state index contributed by atoms with van der Waals surface area (Å²) in [6.07, 6.45) is 0. The molecule has 0 atom stereocenters. The average molecular weight is 161 g/mol. The fourth-order valence-corrected chi connectivity index (χ4v) is 1.32. The Hall–Kier alpha value is -1.35. The van der Waals surface area contributed by atoms with Crippen LogP contribution in [0.25, 0.3) is 11.0 Å². The molecule has 3 nitrogen and oxygen atoms in total. The van der Waals surface area contributed by atoms with Gasteiger partial charge in [0.1, 0.15) is 12.4 Å². The highest BCUT2D eigenvalue weighted by atomic mass is 16.3. The number of hydrogen-bond acceptors (Lipinski definition) is 1. The van der Waals surface area contributed by atoms with Crippen molar-refractivity contribution in [3.8, 4) is 0 Å². The third kappa shape index (κ3) is 0.905. The van der Waals surface area contributed by atoms with Gasteiger partial charge in [0.2, 0.25) is 0 Å². The van der Waals surface area contributed by atoms with Gasteiger partial charge in [-0.25, -0.2) is 10.1 Å². The Bertz CT molecular complexity index is 406. The first kappa shape index (κ1) is 7.31. The van der Waals surface area contributed by atoms with Gasteiger partial charge in [-0.1, -0.05) is 12.1 Å². The molecule has 0 N–H and O–H groups in total. The zero-order chi connectivity index (χ0) is 8.55. The summed E-state index contributed by atoms with van der Waals surface area (Å²) < 4.78 is 1.84. The summed E-state index contributed by atoms with van der Waals surface area (Å²) >= 11 is 0. The molecule has 1 heterocycles. The summed E-state index contributed by atoms with van der Waals surface area (Å²) in [6.45, 7) is -0.259. The predicted octanol–water partition coefficient (Wildman–Crippen LogP) is 1.50. The Balaban J connectivity index is 2.78. The van der Waals surface area contributed by atoms with Crippen molar-refractivity contribution in [2.24, 2.45) is 7.05 Å². The van der Waals surface area contributed by atoms with Crippen molar-refractivity contribution < 1.29 is 5.11 Å². The Labute approximate surface area is 70.3 Å². The number of para-hydroxylation sites is 2. The zero-order valence-corrected chi connectivity index (χ0v) is 6.82. The van der Waals surface area contributed by atoms with Gasteiger partial charge in [0.25, 0.3) is 0 Å². The Morgan fingerprint density at radius 3 is 2.83 bits per heavy atom. The third-order valence-corrected chi connectivity index (χ3v) is 2.01. The van der Waals surface area contributed by atoms with Crippen LogP contribution < -0.4 is 0 Å². The fraction of sp³-hybridized carbons (Fsp3) is 0.222. The molecule has 0 bridgehead atoms. The van der Waals surface area contributed by atoms with E-state index in [1.807, 2.05) is 35.9 Å². The summed E-state index contributed by atoms with van der Waals surface area (Å²) in [7, 11) is 1.86.